The van der Waals surface area contributed by atoms with E-state index in [2.05, 4.69) is 4.98 Å². The molecule has 0 amide bonds. The summed E-state index contributed by atoms with van der Waals surface area (Å²) in [6, 6.07) is 5.43. The van der Waals surface area contributed by atoms with Gasteiger partial charge in [0.05, 0.1) is 5.69 Å². The van der Waals surface area contributed by atoms with Gasteiger partial charge in [0, 0.05) is 6.20 Å². The van der Waals surface area contributed by atoms with Gasteiger partial charge < -0.3 is 5.11 Å². The van der Waals surface area contributed by atoms with Crippen molar-refractivity contribution in [2.24, 2.45) is 5.41 Å². The van der Waals surface area contributed by atoms with Gasteiger partial charge in [-0.1, -0.05) is 19.9 Å². The second-order valence-corrected chi connectivity index (χ2v) is 4.49. The van der Waals surface area contributed by atoms with Gasteiger partial charge >= 0.3 is 5.97 Å². The molecule has 0 saturated heterocycles. The van der Waals surface area contributed by atoms with Gasteiger partial charge in [0.15, 0.2) is 0 Å². The number of hydrogen-bond acceptors (Lipinski definition) is 2. The highest BCUT2D eigenvalue weighted by atomic mass is 16.4. The Morgan fingerprint density at radius 3 is 2.50 bits per heavy atom. The van der Waals surface area contributed by atoms with E-state index < -0.39 is 11.4 Å². The van der Waals surface area contributed by atoms with Gasteiger partial charge in [0.25, 0.3) is 0 Å². The lowest BCUT2D eigenvalue weighted by molar-refractivity contribution is -0.141. The quantitative estimate of drug-likeness (QED) is 0.775. The Labute approximate surface area is 82.8 Å². The molecule has 1 N–H and O–H groups in total. The summed E-state index contributed by atoms with van der Waals surface area (Å²) < 4.78 is 0. The van der Waals surface area contributed by atoms with E-state index in [1.165, 1.54) is 0 Å². The Balaban J connectivity index is 2.47. The lowest BCUT2D eigenvalue weighted by Crippen LogP contribution is -2.26. The summed E-state index contributed by atoms with van der Waals surface area (Å²) in [4.78, 5) is 15.4. The molecule has 1 saturated carbocycles. The fourth-order valence-electron chi connectivity index (χ4n) is 2.15. The number of carboxylic acids is 1. The van der Waals surface area contributed by atoms with Crippen LogP contribution in [0.3, 0.4) is 0 Å². The Kier molecular flexibility index (Phi) is 1.68. The molecule has 1 atom stereocenters. The van der Waals surface area contributed by atoms with E-state index in [9.17, 15) is 9.90 Å². The maximum absolute atomic E-state index is 11.3. The largest absolute Gasteiger partial charge is 0.481 e. The van der Waals surface area contributed by atoms with Gasteiger partial charge in [-0.15, -0.1) is 0 Å². The van der Waals surface area contributed by atoms with Gasteiger partial charge in [-0.05, 0) is 24.0 Å². The summed E-state index contributed by atoms with van der Waals surface area (Å²) in [6.07, 6.45) is 2.32. The van der Waals surface area contributed by atoms with Crippen molar-refractivity contribution in [3.05, 3.63) is 30.1 Å². The van der Waals surface area contributed by atoms with Gasteiger partial charge in [0.2, 0.25) is 0 Å². The second-order valence-electron chi connectivity index (χ2n) is 4.49. The molecule has 1 aromatic rings. The van der Waals surface area contributed by atoms with E-state index in [0.29, 0.717) is 12.1 Å². The van der Waals surface area contributed by atoms with Gasteiger partial charge in [-0.3, -0.25) is 9.78 Å². The molecule has 3 heteroatoms. The van der Waals surface area contributed by atoms with Crippen LogP contribution < -0.4 is 0 Å². The number of carboxylic acid groups (broad SMARTS) is 1. The summed E-state index contributed by atoms with van der Waals surface area (Å²) >= 11 is 0. The molecule has 0 bridgehead atoms. The number of aromatic nitrogens is 1. The summed E-state index contributed by atoms with van der Waals surface area (Å²) in [7, 11) is 0. The molecular weight excluding hydrogens is 178 g/mol. The molecular formula is C11H13NO2. The third kappa shape index (κ3) is 0.983. The van der Waals surface area contributed by atoms with Crippen LogP contribution in [0, 0.1) is 5.41 Å². The Bertz CT molecular complexity index is 372. The van der Waals surface area contributed by atoms with Crippen molar-refractivity contribution in [2.75, 3.05) is 0 Å². The lowest BCUT2D eigenvalue weighted by atomic mass is 9.92. The molecule has 1 fully saturated rings. The maximum atomic E-state index is 11.3. The van der Waals surface area contributed by atoms with Gasteiger partial charge in [-0.25, -0.2) is 0 Å². The first-order valence-electron chi connectivity index (χ1n) is 4.66. The molecule has 1 aliphatic rings. The zero-order chi connectivity index (χ0) is 10.4. The highest BCUT2D eigenvalue weighted by Crippen LogP contribution is 2.63. The van der Waals surface area contributed by atoms with Crippen molar-refractivity contribution in [3.8, 4) is 0 Å². The van der Waals surface area contributed by atoms with Crippen molar-refractivity contribution in [3.63, 3.8) is 0 Å². The first-order chi connectivity index (χ1) is 6.51. The second kappa shape index (κ2) is 2.56. The van der Waals surface area contributed by atoms with Crippen LogP contribution in [0.4, 0.5) is 0 Å². The normalized spacial score (nSPS) is 28.4. The molecule has 0 aromatic carbocycles. The predicted molar refractivity (Wildman–Crippen MR) is 51.9 cm³/mol. The van der Waals surface area contributed by atoms with E-state index >= 15 is 0 Å². The molecule has 3 nitrogen and oxygen atoms in total. The van der Waals surface area contributed by atoms with E-state index in [1.807, 2.05) is 19.9 Å². The first kappa shape index (κ1) is 9.19. The topological polar surface area (TPSA) is 50.2 Å². The van der Waals surface area contributed by atoms with Gasteiger partial charge in [-0.2, -0.15) is 0 Å². The van der Waals surface area contributed by atoms with Crippen LogP contribution in [0.25, 0.3) is 0 Å². The average molecular weight is 191 g/mol. The molecule has 1 heterocycles. The molecule has 1 aromatic heterocycles. The number of carbonyl (C=O) groups is 1. The molecule has 74 valence electrons. The fourth-order valence-corrected chi connectivity index (χ4v) is 2.15. The zero-order valence-corrected chi connectivity index (χ0v) is 8.32. The highest BCUT2D eigenvalue weighted by Gasteiger charge is 2.68. The number of hydrogen-bond donors (Lipinski definition) is 1. The monoisotopic (exact) mass is 191 g/mol. The molecule has 2 rings (SSSR count). The van der Waals surface area contributed by atoms with E-state index in [0.717, 1.165) is 0 Å². The summed E-state index contributed by atoms with van der Waals surface area (Å²) in [5, 5.41) is 9.25. The van der Waals surface area contributed by atoms with Crippen molar-refractivity contribution in [1.82, 2.24) is 4.98 Å². The molecule has 1 aliphatic carbocycles. The average Bonchev–Trinajstić information content (AvgIpc) is 2.72. The summed E-state index contributed by atoms with van der Waals surface area (Å²) in [6.45, 7) is 3.94. The highest BCUT2D eigenvalue weighted by molar-refractivity contribution is 5.86. The van der Waals surface area contributed by atoms with Crippen molar-refractivity contribution in [1.29, 1.82) is 0 Å². The minimum absolute atomic E-state index is 0.173. The van der Waals surface area contributed by atoms with E-state index in [-0.39, 0.29) is 5.41 Å². The Hall–Kier alpha value is -1.38. The van der Waals surface area contributed by atoms with E-state index in [1.54, 1.807) is 18.3 Å². The number of nitrogens with zero attached hydrogens (tertiary/aromatic N) is 1. The SMILES string of the molecule is CC1(C)CC1(C(=O)O)c1ccccn1. The van der Waals surface area contributed by atoms with Crippen LogP contribution in [-0.2, 0) is 10.2 Å². The van der Waals surface area contributed by atoms with Crippen molar-refractivity contribution in [2.45, 2.75) is 25.7 Å². The molecule has 0 radical (unpaired) electrons. The van der Waals surface area contributed by atoms with E-state index in [4.69, 9.17) is 0 Å². The molecule has 1 unspecified atom stereocenters. The fraction of sp³-hybridized carbons (Fsp3) is 0.455. The molecule has 0 aliphatic heterocycles. The smallest absolute Gasteiger partial charge is 0.316 e. The van der Waals surface area contributed by atoms with Crippen molar-refractivity contribution < 1.29 is 9.90 Å². The minimum Gasteiger partial charge on any atom is -0.481 e. The number of pyridine rings is 1. The Morgan fingerprint density at radius 1 is 1.50 bits per heavy atom. The van der Waals surface area contributed by atoms with Gasteiger partial charge in [0.1, 0.15) is 5.41 Å². The molecule has 0 spiro atoms. The third-order valence-corrected chi connectivity index (χ3v) is 3.20. The van der Waals surface area contributed by atoms with Crippen LogP contribution in [0.2, 0.25) is 0 Å². The van der Waals surface area contributed by atoms with Crippen LogP contribution >= 0.6 is 0 Å². The van der Waals surface area contributed by atoms with Crippen LogP contribution in [0.5, 0.6) is 0 Å². The number of aliphatic carboxylic acids is 1. The predicted octanol–water partition coefficient (Wildman–Crippen LogP) is 1.83. The van der Waals surface area contributed by atoms with Crippen molar-refractivity contribution >= 4 is 5.97 Å². The zero-order valence-electron chi connectivity index (χ0n) is 8.32. The van der Waals surface area contributed by atoms with Crippen LogP contribution in [0.1, 0.15) is 26.0 Å². The maximum Gasteiger partial charge on any atom is 0.316 e. The number of rotatable bonds is 2. The lowest BCUT2D eigenvalue weighted by Gasteiger charge is -2.14. The minimum atomic E-state index is -0.763. The summed E-state index contributed by atoms with van der Waals surface area (Å²) in [5.74, 6) is -0.763. The molecule has 14 heavy (non-hydrogen) atoms. The third-order valence-electron chi connectivity index (χ3n) is 3.20. The first-order valence-corrected chi connectivity index (χ1v) is 4.66. The Morgan fingerprint density at radius 2 is 2.14 bits per heavy atom. The van der Waals surface area contributed by atoms with Crippen LogP contribution in [0.15, 0.2) is 24.4 Å². The summed E-state index contributed by atoms with van der Waals surface area (Å²) in [5.41, 5.74) is -0.251. The van der Waals surface area contributed by atoms with Crippen LogP contribution in [-0.4, -0.2) is 16.1 Å². The standard InChI is InChI=1S/C11H13NO2/c1-10(2)7-11(10,9(13)14)8-5-3-4-6-12-8/h3-6H,7H2,1-2H3,(H,13,14).